The van der Waals surface area contributed by atoms with Gasteiger partial charge in [0.15, 0.2) is 0 Å². The maximum Gasteiger partial charge on any atom is 0.431 e. The van der Waals surface area contributed by atoms with Crippen LogP contribution in [-0.2, 0) is 12.6 Å². The Bertz CT molecular complexity index is 1700. The van der Waals surface area contributed by atoms with E-state index in [1.165, 1.54) is 45.3 Å². The third-order valence-corrected chi connectivity index (χ3v) is 7.17. The fourth-order valence-electron chi connectivity index (χ4n) is 5.44. The molecule has 0 amide bonds. The van der Waals surface area contributed by atoms with Crippen molar-refractivity contribution in [2.24, 2.45) is 0 Å². The number of halogens is 3. The van der Waals surface area contributed by atoms with Gasteiger partial charge >= 0.3 is 6.18 Å². The fourth-order valence-corrected chi connectivity index (χ4v) is 5.44. The van der Waals surface area contributed by atoms with Crippen LogP contribution < -0.4 is 5.10 Å². The van der Waals surface area contributed by atoms with Crippen molar-refractivity contribution in [2.75, 3.05) is 0 Å². The SMILES string of the molecule is CCCCCCc1cc2ccc3cccc4ccc(c1-c1ccnc(-c5cc(C(F)(F)F)n[n-]5)c1)c2c34. The minimum atomic E-state index is -4.54. The average Bonchev–Trinajstić information content (AvgIpc) is 3.41. The lowest BCUT2D eigenvalue weighted by Gasteiger charge is -2.19. The molecule has 0 atom stereocenters. The number of alkyl halides is 3. The Kier molecular flexibility index (Phi) is 5.82. The average molecular weight is 497 g/mol. The van der Waals surface area contributed by atoms with Gasteiger partial charge in [-0.05, 0) is 80.0 Å². The molecule has 6 heteroatoms. The molecular formula is C31H25F3N3-. The molecule has 0 radical (unpaired) electrons. The molecule has 0 aliphatic carbocycles. The lowest BCUT2D eigenvalue weighted by molar-refractivity contribution is -0.141. The van der Waals surface area contributed by atoms with E-state index in [9.17, 15) is 13.2 Å². The van der Waals surface area contributed by atoms with Crippen LogP contribution in [-0.4, -0.2) is 10.1 Å². The van der Waals surface area contributed by atoms with Crippen LogP contribution >= 0.6 is 0 Å². The highest BCUT2D eigenvalue weighted by Crippen LogP contribution is 2.42. The first-order chi connectivity index (χ1) is 17.9. The largest absolute Gasteiger partial charge is 0.573 e. The van der Waals surface area contributed by atoms with Crippen LogP contribution in [0, 0.1) is 0 Å². The van der Waals surface area contributed by atoms with Gasteiger partial charge in [0, 0.05) is 11.9 Å². The van der Waals surface area contributed by atoms with Crippen LogP contribution in [0.1, 0.15) is 43.9 Å². The van der Waals surface area contributed by atoms with Crippen LogP contribution in [0.15, 0.2) is 72.9 Å². The van der Waals surface area contributed by atoms with Gasteiger partial charge in [0.25, 0.3) is 0 Å². The second kappa shape index (κ2) is 9.18. The van der Waals surface area contributed by atoms with Crippen LogP contribution in [0.3, 0.4) is 0 Å². The highest BCUT2D eigenvalue weighted by Gasteiger charge is 2.31. The van der Waals surface area contributed by atoms with Crippen LogP contribution in [0.2, 0.25) is 0 Å². The Morgan fingerprint density at radius 1 is 0.811 bits per heavy atom. The first kappa shape index (κ1) is 23.5. The summed E-state index contributed by atoms with van der Waals surface area (Å²) in [6.07, 6.45) is 2.63. The highest BCUT2D eigenvalue weighted by molar-refractivity contribution is 6.25. The number of aryl methyl sites for hydroxylation is 1. The first-order valence-electron chi connectivity index (χ1n) is 12.7. The zero-order valence-corrected chi connectivity index (χ0v) is 20.4. The van der Waals surface area contributed by atoms with E-state index >= 15 is 0 Å². The number of benzene rings is 4. The zero-order chi connectivity index (χ0) is 25.6. The standard InChI is InChI=1S/C31H25F3N3/c1-2-3-4-5-7-21-16-22-11-10-19-8-6-9-20-12-13-24(30(22)29(19)20)28(21)23-14-15-35-25(17-23)26-18-27(37-36-26)31(32,33)34/h6,8-18H,2-5,7H2,1H3/q-1. The smallest absolute Gasteiger partial charge is 0.431 e. The van der Waals surface area contributed by atoms with Crippen LogP contribution in [0.5, 0.6) is 0 Å². The molecule has 0 unspecified atom stereocenters. The van der Waals surface area contributed by atoms with Crippen molar-refractivity contribution in [1.29, 1.82) is 0 Å². The molecule has 186 valence electrons. The third kappa shape index (κ3) is 4.20. The molecule has 6 aromatic rings. The summed E-state index contributed by atoms with van der Waals surface area (Å²) in [6.45, 7) is 2.20. The normalized spacial score (nSPS) is 12.3. The second-order valence-electron chi connectivity index (χ2n) is 9.62. The number of hydrogen-bond acceptors (Lipinski definition) is 2. The summed E-state index contributed by atoms with van der Waals surface area (Å²) in [5.74, 6) is 0. The topological polar surface area (TPSA) is 39.9 Å². The van der Waals surface area contributed by atoms with Crippen molar-refractivity contribution in [2.45, 2.75) is 45.2 Å². The van der Waals surface area contributed by atoms with E-state index in [0.717, 1.165) is 41.8 Å². The van der Waals surface area contributed by atoms with Gasteiger partial charge in [-0.3, -0.25) is 4.98 Å². The molecule has 37 heavy (non-hydrogen) atoms. The van der Waals surface area contributed by atoms with Gasteiger partial charge in [-0.2, -0.15) is 13.2 Å². The first-order valence-corrected chi connectivity index (χ1v) is 12.7. The number of aromatic nitrogens is 3. The van der Waals surface area contributed by atoms with Crippen molar-refractivity contribution in [3.63, 3.8) is 0 Å². The monoisotopic (exact) mass is 496 g/mol. The van der Waals surface area contributed by atoms with Crippen molar-refractivity contribution in [3.8, 4) is 22.5 Å². The van der Waals surface area contributed by atoms with E-state index in [4.69, 9.17) is 0 Å². The number of hydrogen-bond donors (Lipinski definition) is 0. The molecule has 0 spiro atoms. The maximum atomic E-state index is 13.1. The van der Waals surface area contributed by atoms with Crippen molar-refractivity contribution in [1.82, 2.24) is 15.2 Å². The lowest BCUT2D eigenvalue weighted by Crippen LogP contribution is -2.04. The Morgan fingerprint density at radius 2 is 1.59 bits per heavy atom. The number of unbranched alkanes of at least 4 members (excludes halogenated alkanes) is 3. The summed E-state index contributed by atoms with van der Waals surface area (Å²) >= 11 is 0. The van der Waals surface area contributed by atoms with Gasteiger partial charge in [-0.15, -0.1) is 0 Å². The van der Waals surface area contributed by atoms with Gasteiger partial charge in [0.2, 0.25) is 0 Å². The molecule has 0 bridgehead atoms. The minimum absolute atomic E-state index is 0.122. The molecule has 0 aliphatic rings. The van der Waals surface area contributed by atoms with E-state index < -0.39 is 11.9 Å². The molecular weight excluding hydrogens is 471 g/mol. The third-order valence-electron chi connectivity index (χ3n) is 7.17. The van der Waals surface area contributed by atoms with Crippen molar-refractivity contribution in [3.05, 3.63) is 84.2 Å². The Morgan fingerprint density at radius 3 is 2.35 bits per heavy atom. The van der Waals surface area contributed by atoms with E-state index in [1.807, 2.05) is 12.1 Å². The highest BCUT2D eigenvalue weighted by atomic mass is 19.4. The second-order valence-corrected chi connectivity index (χ2v) is 9.62. The van der Waals surface area contributed by atoms with Gasteiger partial charge in [0.1, 0.15) is 5.69 Å². The quantitative estimate of drug-likeness (QED) is 0.164. The van der Waals surface area contributed by atoms with Gasteiger partial charge < -0.3 is 10.2 Å². The Hall–Kier alpha value is -3.93. The Labute approximate surface area is 212 Å². The molecule has 6 rings (SSSR count). The zero-order valence-electron chi connectivity index (χ0n) is 20.4. The van der Waals surface area contributed by atoms with Gasteiger partial charge in [-0.25, -0.2) is 0 Å². The summed E-state index contributed by atoms with van der Waals surface area (Å²) in [4.78, 5) is 4.34. The molecule has 0 aliphatic heterocycles. The summed E-state index contributed by atoms with van der Waals surface area (Å²) in [6, 6.07) is 22.1. The van der Waals surface area contributed by atoms with E-state index in [2.05, 4.69) is 70.6 Å². The summed E-state index contributed by atoms with van der Waals surface area (Å²) in [5.41, 5.74) is 2.77. The van der Waals surface area contributed by atoms with E-state index in [0.29, 0.717) is 5.69 Å². The maximum absolute atomic E-state index is 13.1. The fraction of sp³-hybridized carbons (Fsp3) is 0.226. The predicted octanol–water partition coefficient (Wildman–Crippen LogP) is 8.81. The lowest BCUT2D eigenvalue weighted by atomic mass is 9.85. The van der Waals surface area contributed by atoms with Gasteiger partial charge in [0.05, 0.1) is 0 Å². The van der Waals surface area contributed by atoms with Gasteiger partial charge in [-0.1, -0.05) is 80.4 Å². The van der Waals surface area contributed by atoms with E-state index in [1.54, 1.807) is 6.20 Å². The molecule has 0 saturated carbocycles. The van der Waals surface area contributed by atoms with E-state index in [-0.39, 0.29) is 5.69 Å². The van der Waals surface area contributed by atoms with Crippen LogP contribution in [0.25, 0.3) is 54.8 Å². The molecule has 2 heterocycles. The Balaban J connectivity index is 1.56. The summed E-state index contributed by atoms with van der Waals surface area (Å²) < 4.78 is 39.4. The molecule has 0 saturated heterocycles. The number of pyridine rings is 1. The van der Waals surface area contributed by atoms with Crippen LogP contribution in [0.4, 0.5) is 13.2 Å². The van der Waals surface area contributed by atoms with Crippen molar-refractivity contribution >= 4 is 32.3 Å². The molecule has 0 N–H and O–H groups in total. The number of nitrogens with zero attached hydrogens (tertiary/aromatic N) is 3. The molecule has 0 fully saturated rings. The number of rotatable bonds is 7. The minimum Gasteiger partial charge on any atom is -0.573 e. The molecule has 2 aromatic heterocycles. The summed E-state index contributed by atoms with van der Waals surface area (Å²) in [7, 11) is 0. The van der Waals surface area contributed by atoms with Crippen molar-refractivity contribution < 1.29 is 13.2 Å². The molecule has 3 nitrogen and oxygen atoms in total. The molecule has 4 aromatic carbocycles. The summed E-state index contributed by atoms with van der Waals surface area (Å²) in [5, 5.41) is 14.3. The predicted molar refractivity (Wildman–Crippen MR) is 143 cm³/mol.